The van der Waals surface area contributed by atoms with Crippen molar-refractivity contribution in [2.45, 2.75) is 72.7 Å². The average Bonchev–Trinajstić information content (AvgIpc) is 2.12. The first-order valence-electron chi connectivity index (χ1n) is 6.25. The van der Waals surface area contributed by atoms with Crippen molar-refractivity contribution in [2.75, 3.05) is 7.11 Å². The van der Waals surface area contributed by atoms with Crippen molar-refractivity contribution in [3.05, 3.63) is 0 Å². The molecular formula is C14H28O2. The van der Waals surface area contributed by atoms with Gasteiger partial charge in [0.2, 0.25) is 0 Å². The van der Waals surface area contributed by atoms with Crippen LogP contribution in [0.5, 0.6) is 0 Å². The summed E-state index contributed by atoms with van der Waals surface area (Å²) < 4.78 is 12.0. The number of methoxy groups -OCH3 is 1. The molecule has 3 unspecified atom stereocenters. The monoisotopic (exact) mass is 228 g/mol. The molecule has 96 valence electrons. The van der Waals surface area contributed by atoms with E-state index in [1.165, 1.54) is 0 Å². The molecule has 1 aliphatic rings. The van der Waals surface area contributed by atoms with Gasteiger partial charge in [0.25, 0.3) is 0 Å². The highest BCUT2D eigenvalue weighted by molar-refractivity contribution is 5.02. The summed E-state index contributed by atoms with van der Waals surface area (Å²) in [5.74, 6) is 0. The molecule has 2 nitrogen and oxygen atoms in total. The average molecular weight is 228 g/mol. The zero-order valence-corrected chi connectivity index (χ0v) is 12.2. The Kier molecular flexibility index (Phi) is 3.49. The molecule has 1 aliphatic heterocycles. The fourth-order valence-electron chi connectivity index (χ4n) is 2.37. The Morgan fingerprint density at radius 3 is 2.06 bits per heavy atom. The molecule has 2 heteroatoms. The van der Waals surface area contributed by atoms with Crippen LogP contribution in [0, 0.1) is 10.8 Å². The minimum atomic E-state index is -0.109. The van der Waals surface area contributed by atoms with Crippen molar-refractivity contribution >= 4 is 0 Å². The van der Waals surface area contributed by atoms with Crippen LogP contribution in [0.15, 0.2) is 0 Å². The van der Waals surface area contributed by atoms with Gasteiger partial charge in [-0.15, -0.1) is 0 Å². The summed E-state index contributed by atoms with van der Waals surface area (Å²) in [6, 6.07) is 0. The van der Waals surface area contributed by atoms with E-state index < -0.39 is 0 Å². The molecule has 0 saturated carbocycles. The predicted octanol–water partition coefficient (Wildman–Crippen LogP) is 3.64. The maximum absolute atomic E-state index is 6.18. The third kappa shape index (κ3) is 2.14. The van der Waals surface area contributed by atoms with E-state index in [0.717, 1.165) is 6.42 Å². The van der Waals surface area contributed by atoms with Gasteiger partial charge in [0, 0.05) is 18.9 Å². The summed E-state index contributed by atoms with van der Waals surface area (Å²) >= 11 is 0. The molecule has 1 saturated heterocycles. The van der Waals surface area contributed by atoms with E-state index in [2.05, 4.69) is 48.5 Å². The normalized spacial score (nSPS) is 39.8. The second kappa shape index (κ2) is 3.99. The lowest BCUT2D eigenvalue weighted by atomic mass is 9.65. The van der Waals surface area contributed by atoms with Gasteiger partial charge in [0.05, 0.1) is 17.8 Å². The molecule has 0 bridgehead atoms. The summed E-state index contributed by atoms with van der Waals surface area (Å²) in [4.78, 5) is 0. The summed E-state index contributed by atoms with van der Waals surface area (Å²) in [6.45, 7) is 15.6. The van der Waals surface area contributed by atoms with E-state index in [0.29, 0.717) is 0 Å². The third-order valence-corrected chi connectivity index (χ3v) is 4.74. The van der Waals surface area contributed by atoms with Crippen molar-refractivity contribution in [3.63, 3.8) is 0 Å². The third-order valence-electron chi connectivity index (χ3n) is 4.74. The van der Waals surface area contributed by atoms with Crippen LogP contribution in [0.1, 0.15) is 54.9 Å². The SMILES string of the molecule is COC1(C)CC(C(C)(C)C)OC(C)C1(C)C. The summed E-state index contributed by atoms with van der Waals surface area (Å²) in [7, 11) is 1.82. The zero-order chi connectivity index (χ0) is 12.8. The molecule has 1 rings (SSSR count). The summed E-state index contributed by atoms with van der Waals surface area (Å²) in [6.07, 6.45) is 1.44. The summed E-state index contributed by atoms with van der Waals surface area (Å²) in [5.41, 5.74) is 0.108. The molecule has 16 heavy (non-hydrogen) atoms. The Hall–Kier alpha value is -0.0800. The van der Waals surface area contributed by atoms with Crippen LogP contribution in [-0.2, 0) is 9.47 Å². The Bertz CT molecular complexity index is 252. The number of rotatable bonds is 1. The fourth-order valence-corrected chi connectivity index (χ4v) is 2.37. The van der Waals surface area contributed by atoms with Crippen LogP contribution in [0.25, 0.3) is 0 Å². The maximum Gasteiger partial charge on any atom is 0.0750 e. The molecule has 0 spiro atoms. The van der Waals surface area contributed by atoms with Gasteiger partial charge < -0.3 is 9.47 Å². The van der Waals surface area contributed by atoms with Crippen LogP contribution < -0.4 is 0 Å². The van der Waals surface area contributed by atoms with Crippen LogP contribution in [0.3, 0.4) is 0 Å². The molecule has 0 aromatic rings. The largest absolute Gasteiger partial charge is 0.378 e. The number of hydrogen-bond acceptors (Lipinski definition) is 2. The Labute approximate surface area is 101 Å². The van der Waals surface area contributed by atoms with Gasteiger partial charge in [-0.3, -0.25) is 0 Å². The minimum Gasteiger partial charge on any atom is -0.378 e. The second-order valence-corrected chi connectivity index (χ2v) is 6.99. The lowest BCUT2D eigenvalue weighted by Crippen LogP contribution is -2.59. The van der Waals surface area contributed by atoms with Gasteiger partial charge in [-0.2, -0.15) is 0 Å². The molecule has 0 aliphatic carbocycles. The number of ether oxygens (including phenoxy) is 2. The Morgan fingerprint density at radius 2 is 1.69 bits per heavy atom. The smallest absolute Gasteiger partial charge is 0.0750 e. The van der Waals surface area contributed by atoms with Gasteiger partial charge in [0.1, 0.15) is 0 Å². The number of hydrogen-bond donors (Lipinski definition) is 0. The first kappa shape index (κ1) is 14.0. The van der Waals surface area contributed by atoms with Crippen molar-refractivity contribution in [1.29, 1.82) is 0 Å². The molecule has 0 aromatic carbocycles. The molecular weight excluding hydrogens is 200 g/mol. The molecule has 3 atom stereocenters. The van der Waals surface area contributed by atoms with Crippen molar-refractivity contribution in [3.8, 4) is 0 Å². The highest BCUT2D eigenvalue weighted by atomic mass is 16.5. The van der Waals surface area contributed by atoms with Gasteiger partial charge >= 0.3 is 0 Å². The first-order valence-corrected chi connectivity index (χ1v) is 6.25. The molecule has 1 fully saturated rings. The quantitative estimate of drug-likeness (QED) is 0.682. The van der Waals surface area contributed by atoms with Gasteiger partial charge in [-0.25, -0.2) is 0 Å². The highest BCUT2D eigenvalue weighted by Crippen LogP contribution is 2.49. The molecule has 0 amide bonds. The lowest BCUT2D eigenvalue weighted by molar-refractivity contribution is -0.241. The molecule has 0 aromatic heterocycles. The summed E-state index contributed by atoms with van der Waals surface area (Å²) in [5, 5.41) is 0. The van der Waals surface area contributed by atoms with Crippen molar-refractivity contribution in [2.24, 2.45) is 10.8 Å². The van der Waals surface area contributed by atoms with E-state index in [9.17, 15) is 0 Å². The van der Waals surface area contributed by atoms with E-state index >= 15 is 0 Å². The van der Waals surface area contributed by atoms with E-state index in [1.807, 2.05) is 7.11 Å². The minimum absolute atomic E-state index is 0.0451. The van der Waals surface area contributed by atoms with Gasteiger partial charge in [0.15, 0.2) is 0 Å². The maximum atomic E-state index is 6.18. The standard InChI is InChI=1S/C14H28O2/c1-10-13(5,6)14(7,15-8)9-11(16-10)12(2,3)4/h10-11H,9H2,1-8H3. The highest BCUT2D eigenvalue weighted by Gasteiger charge is 2.53. The zero-order valence-electron chi connectivity index (χ0n) is 12.2. The lowest BCUT2D eigenvalue weighted by Gasteiger charge is -2.55. The topological polar surface area (TPSA) is 18.5 Å². The fraction of sp³-hybridized carbons (Fsp3) is 1.00. The van der Waals surface area contributed by atoms with Crippen LogP contribution in [0.2, 0.25) is 0 Å². The second-order valence-electron chi connectivity index (χ2n) is 6.99. The van der Waals surface area contributed by atoms with Crippen LogP contribution in [0.4, 0.5) is 0 Å². The van der Waals surface area contributed by atoms with Crippen LogP contribution in [-0.4, -0.2) is 24.9 Å². The first-order chi connectivity index (χ1) is 7.04. The van der Waals surface area contributed by atoms with E-state index in [-0.39, 0.29) is 28.6 Å². The molecule has 0 N–H and O–H groups in total. The predicted molar refractivity (Wildman–Crippen MR) is 67.6 cm³/mol. The van der Waals surface area contributed by atoms with Crippen molar-refractivity contribution < 1.29 is 9.47 Å². The van der Waals surface area contributed by atoms with Crippen molar-refractivity contribution in [1.82, 2.24) is 0 Å². The van der Waals surface area contributed by atoms with Gasteiger partial charge in [-0.05, 0) is 19.3 Å². The van der Waals surface area contributed by atoms with E-state index in [4.69, 9.17) is 9.47 Å². The Morgan fingerprint density at radius 1 is 1.19 bits per heavy atom. The molecule has 0 radical (unpaired) electrons. The van der Waals surface area contributed by atoms with Crippen LogP contribution >= 0.6 is 0 Å². The Balaban J connectivity index is 3.00. The molecule has 1 heterocycles. The van der Waals surface area contributed by atoms with Gasteiger partial charge in [-0.1, -0.05) is 34.6 Å². The van der Waals surface area contributed by atoms with E-state index in [1.54, 1.807) is 0 Å².